The number of halogens is 1. The third-order valence-corrected chi connectivity index (χ3v) is 3.56. The molecule has 0 spiro atoms. The van der Waals surface area contributed by atoms with Crippen molar-refractivity contribution in [3.05, 3.63) is 65.5 Å². The number of hydrogen-bond donors (Lipinski definition) is 1. The molecule has 0 saturated heterocycles. The molecule has 2 rings (SSSR count). The summed E-state index contributed by atoms with van der Waals surface area (Å²) in [5, 5.41) is 3.44. The van der Waals surface area contributed by atoms with Crippen LogP contribution in [0.3, 0.4) is 0 Å². The Morgan fingerprint density at radius 2 is 1.71 bits per heavy atom. The number of para-hydroxylation sites is 1. The maximum Gasteiger partial charge on any atom is 0.126 e. The van der Waals surface area contributed by atoms with Crippen LogP contribution in [-0.2, 0) is 12.8 Å². The fourth-order valence-corrected chi connectivity index (χ4v) is 2.43. The normalized spacial score (nSPS) is 12.1. The van der Waals surface area contributed by atoms with Crippen LogP contribution in [0.4, 0.5) is 4.39 Å². The monoisotopic (exact) mass is 287 g/mol. The largest absolute Gasteiger partial charge is 0.496 e. The number of methoxy groups -OCH3 is 1. The molecule has 2 aromatic rings. The van der Waals surface area contributed by atoms with Crippen LogP contribution in [0.25, 0.3) is 0 Å². The molecule has 2 aromatic carbocycles. The van der Waals surface area contributed by atoms with Crippen molar-refractivity contribution < 1.29 is 9.13 Å². The smallest absolute Gasteiger partial charge is 0.126 e. The van der Waals surface area contributed by atoms with E-state index in [4.69, 9.17) is 4.74 Å². The first-order chi connectivity index (χ1) is 10.2. The van der Waals surface area contributed by atoms with Crippen molar-refractivity contribution in [2.75, 3.05) is 13.7 Å². The Bertz CT molecular complexity index is 571. The van der Waals surface area contributed by atoms with E-state index in [1.54, 1.807) is 13.2 Å². The highest BCUT2D eigenvalue weighted by Crippen LogP contribution is 2.18. The molecule has 0 amide bonds. The molecule has 112 valence electrons. The van der Waals surface area contributed by atoms with Gasteiger partial charge in [0.15, 0.2) is 0 Å². The maximum absolute atomic E-state index is 13.5. The first-order valence-corrected chi connectivity index (χ1v) is 7.29. The topological polar surface area (TPSA) is 21.3 Å². The van der Waals surface area contributed by atoms with E-state index in [9.17, 15) is 4.39 Å². The summed E-state index contributed by atoms with van der Waals surface area (Å²) in [5.41, 5.74) is 1.94. The number of benzene rings is 2. The van der Waals surface area contributed by atoms with Crippen molar-refractivity contribution in [1.82, 2.24) is 5.32 Å². The van der Waals surface area contributed by atoms with Gasteiger partial charge in [0.05, 0.1) is 7.11 Å². The lowest BCUT2D eigenvalue weighted by molar-refractivity contribution is 0.406. The van der Waals surface area contributed by atoms with Crippen molar-refractivity contribution >= 4 is 0 Å². The molecule has 2 nitrogen and oxygen atoms in total. The first kappa shape index (κ1) is 15.5. The Hall–Kier alpha value is -1.87. The third-order valence-electron chi connectivity index (χ3n) is 3.56. The van der Waals surface area contributed by atoms with Crippen LogP contribution < -0.4 is 10.1 Å². The van der Waals surface area contributed by atoms with Gasteiger partial charge in [0.1, 0.15) is 11.6 Å². The van der Waals surface area contributed by atoms with Gasteiger partial charge >= 0.3 is 0 Å². The SMILES string of the molecule is COc1ccccc1CC(C)NCCc1ccccc1F. The highest BCUT2D eigenvalue weighted by atomic mass is 19.1. The lowest BCUT2D eigenvalue weighted by Gasteiger charge is -2.16. The minimum Gasteiger partial charge on any atom is -0.496 e. The Labute approximate surface area is 126 Å². The lowest BCUT2D eigenvalue weighted by atomic mass is 10.1. The van der Waals surface area contributed by atoms with E-state index in [2.05, 4.69) is 18.3 Å². The molecule has 0 bridgehead atoms. The molecule has 0 aliphatic rings. The summed E-state index contributed by atoms with van der Waals surface area (Å²) in [6.45, 7) is 2.89. The highest BCUT2D eigenvalue weighted by molar-refractivity contribution is 5.33. The van der Waals surface area contributed by atoms with Gasteiger partial charge < -0.3 is 10.1 Å². The van der Waals surface area contributed by atoms with Gasteiger partial charge in [0.25, 0.3) is 0 Å². The highest BCUT2D eigenvalue weighted by Gasteiger charge is 2.08. The molecule has 0 fully saturated rings. The molecule has 0 aliphatic carbocycles. The van der Waals surface area contributed by atoms with Gasteiger partial charge in [-0.3, -0.25) is 0 Å². The second-order valence-corrected chi connectivity index (χ2v) is 5.21. The quantitative estimate of drug-likeness (QED) is 0.840. The summed E-state index contributed by atoms with van der Waals surface area (Å²) in [5.74, 6) is 0.789. The van der Waals surface area contributed by atoms with Crippen molar-refractivity contribution in [3.63, 3.8) is 0 Å². The molecule has 0 aliphatic heterocycles. The van der Waals surface area contributed by atoms with Gasteiger partial charge in [0.2, 0.25) is 0 Å². The molecule has 3 heteroatoms. The Morgan fingerprint density at radius 1 is 1.05 bits per heavy atom. The summed E-state index contributed by atoms with van der Waals surface area (Å²) in [6.07, 6.45) is 1.59. The number of nitrogens with one attached hydrogen (secondary N) is 1. The molecule has 0 saturated carbocycles. The number of ether oxygens (including phenoxy) is 1. The standard InChI is InChI=1S/C18H22FNO/c1-14(13-16-8-4-6-10-18(16)21-2)20-12-11-15-7-3-5-9-17(15)19/h3-10,14,20H,11-13H2,1-2H3. The fourth-order valence-electron chi connectivity index (χ4n) is 2.43. The van der Waals surface area contributed by atoms with E-state index in [0.717, 1.165) is 24.3 Å². The summed E-state index contributed by atoms with van der Waals surface area (Å²) in [4.78, 5) is 0. The van der Waals surface area contributed by atoms with Crippen LogP contribution in [0.5, 0.6) is 5.75 Å². The average Bonchev–Trinajstić information content (AvgIpc) is 2.50. The van der Waals surface area contributed by atoms with E-state index in [1.807, 2.05) is 30.3 Å². The third kappa shape index (κ3) is 4.57. The zero-order chi connectivity index (χ0) is 15.1. The molecule has 0 heterocycles. The summed E-state index contributed by atoms with van der Waals surface area (Å²) in [6, 6.07) is 15.3. The van der Waals surface area contributed by atoms with E-state index in [-0.39, 0.29) is 5.82 Å². The van der Waals surface area contributed by atoms with E-state index < -0.39 is 0 Å². The first-order valence-electron chi connectivity index (χ1n) is 7.29. The van der Waals surface area contributed by atoms with Crippen molar-refractivity contribution in [1.29, 1.82) is 0 Å². The molecule has 1 atom stereocenters. The molecule has 0 aromatic heterocycles. The average molecular weight is 287 g/mol. The predicted molar refractivity (Wildman–Crippen MR) is 84.3 cm³/mol. The van der Waals surface area contributed by atoms with Crippen molar-refractivity contribution in [2.45, 2.75) is 25.8 Å². The van der Waals surface area contributed by atoms with Crippen LogP contribution in [0.1, 0.15) is 18.1 Å². The second kappa shape index (κ2) is 7.79. The van der Waals surface area contributed by atoms with E-state index >= 15 is 0 Å². The zero-order valence-corrected chi connectivity index (χ0v) is 12.6. The van der Waals surface area contributed by atoms with Gasteiger partial charge in [-0.1, -0.05) is 36.4 Å². The van der Waals surface area contributed by atoms with Crippen LogP contribution >= 0.6 is 0 Å². The van der Waals surface area contributed by atoms with Gasteiger partial charge in [-0.25, -0.2) is 4.39 Å². The minimum atomic E-state index is -0.128. The molecular weight excluding hydrogens is 265 g/mol. The van der Waals surface area contributed by atoms with Gasteiger partial charge in [-0.05, 0) is 49.6 Å². The molecular formula is C18H22FNO. The molecule has 1 N–H and O–H groups in total. The molecule has 21 heavy (non-hydrogen) atoms. The number of hydrogen-bond acceptors (Lipinski definition) is 2. The summed E-state index contributed by atoms with van der Waals surface area (Å²) in [7, 11) is 1.69. The van der Waals surface area contributed by atoms with Gasteiger partial charge in [-0.15, -0.1) is 0 Å². The van der Waals surface area contributed by atoms with Crippen molar-refractivity contribution in [2.24, 2.45) is 0 Å². The van der Waals surface area contributed by atoms with E-state index in [1.165, 1.54) is 11.6 Å². The van der Waals surface area contributed by atoms with Crippen LogP contribution in [0, 0.1) is 5.82 Å². The van der Waals surface area contributed by atoms with Crippen LogP contribution in [-0.4, -0.2) is 19.7 Å². The fraction of sp³-hybridized carbons (Fsp3) is 0.333. The Balaban J connectivity index is 1.82. The van der Waals surface area contributed by atoms with Crippen LogP contribution in [0.15, 0.2) is 48.5 Å². The second-order valence-electron chi connectivity index (χ2n) is 5.21. The molecule has 1 unspecified atom stereocenters. The van der Waals surface area contributed by atoms with Crippen molar-refractivity contribution in [3.8, 4) is 5.75 Å². The number of rotatable bonds is 7. The van der Waals surface area contributed by atoms with Crippen LogP contribution in [0.2, 0.25) is 0 Å². The Kier molecular flexibility index (Phi) is 5.76. The zero-order valence-electron chi connectivity index (χ0n) is 12.6. The van der Waals surface area contributed by atoms with Gasteiger partial charge in [0, 0.05) is 6.04 Å². The summed E-state index contributed by atoms with van der Waals surface area (Å²) >= 11 is 0. The van der Waals surface area contributed by atoms with Gasteiger partial charge in [-0.2, -0.15) is 0 Å². The minimum absolute atomic E-state index is 0.128. The maximum atomic E-state index is 13.5. The predicted octanol–water partition coefficient (Wildman–Crippen LogP) is 3.60. The van der Waals surface area contributed by atoms with E-state index in [0.29, 0.717) is 12.5 Å². The Morgan fingerprint density at radius 3 is 2.43 bits per heavy atom. The summed E-state index contributed by atoms with van der Waals surface area (Å²) < 4.78 is 18.9. The molecule has 0 radical (unpaired) electrons. The lowest BCUT2D eigenvalue weighted by Crippen LogP contribution is -2.30.